The van der Waals surface area contributed by atoms with Gasteiger partial charge in [0.05, 0.1) is 11.4 Å². The molecule has 0 fully saturated rings. The summed E-state index contributed by atoms with van der Waals surface area (Å²) in [6.45, 7) is 3.71. The fourth-order valence-corrected chi connectivity index (χ4v) is 2.57. The molecule has 5 heteroatoms. The second-order valence-corrected chi connectivity index (χ2v) is 5.29. The molecule has 1 heterocycles. The molecule has 0 spiro atoms. The van der Waals surface area contributed by atoms with Crippen LogP contribution in [0.3, 0.4) is 0 Å². The Morgan fingerprint density at radius 3 is 2.74 bits per heavy atom. The van der Waals surface area contributed by atoms with Gasteiger partial charge in [0.25, 0.3) is 0 Å². The van der Waals surface area contributed by atoms with E-state index in [1.807, 2.05) is 12.1 Å². The van der Waals surface area contributed by atoms with Gasteiger partial charge in [-0.2, -0.15) is 0 Å². The zero-order valence-corrected chi connectivity index (χ0v) is 12.0. The molecule has 0 unspecified atom stereocenters. The van der Waals surface area contributed by atoms with Crippen molar-refractivity contribution in [3.05, 3.63) is 47.2 Å². The van der Waals surface area contributed by atoms with Gasteiger partial charge >= 0.3 is 0 Å². The minimum Gasteiger partial charge on any atom is -0.371 e. The normalized spacial score (nSPS) is 10.5. The molecule has 0 saturated heterocycles. The summed E-state index contributed by atoms with van der Waals surface area (Å²) in [4.78, 5) is 9.51. The van der Waals surface area contributed by atoms with Gasteiger partial charge < -0.3 is 5.32 Å². The molecule has 0 aliphatic heterocycles. The first-order valence-corrected chi connectivity index (χ1v) is 6.99. The molecule has 100 valence electrons. The number of hydrogen-bond acceptors (Lipinski definition) is 4. The second-order valence-electron chi connectivity index (χ2n) is 4.24. The molecular weight excluding hydrogens is 261 g/mol. The molecule has 0 radical (unpaired) electrons. The van der Waals surface area contributed by atoms with Crippen LogP contribution in [0, 0.1) is 19.7 Å². The highest BCUT2D eigenvalue weighted by atomic mass is 32.2. The van der Waals surface area contributed by atoms with Gasteiger partial charge in [-0.15, -0.1) is 11.8 Å². The highest BCUT2D eigenvalue weighted by Gasteiger charge is 2.10. The summed E-state index contributed by atoms with van der Waals surface area (Å²) >= 11 is 1.65. The van der Waals surface area contributed by atoms with Gasteiger partial charge in [-0.3, -0.25) is 0 Å². The zero-order chi connectivity index (χ0) is 13.8. The minimum absolute atomic E-state index is 0.257. The van der Waals surface area contributed by atoms with E-state index in [0.29, 0.717) is 17.3 Å². The van der Waals surface area contributed by atoms with Gasteiger partial charge in [-0.05, 0) is 26.0 Å². The maximum absolute atomic E-state index is 13.6. The molecule has 0 aliphatic carbocycles. The summed E-state index contributed by atoms with van der Waals surface area (Å²) in [5.41, 5.74) is 1.59. The minimum atomic E-state index is -0.383. The number of rotatable bonds is 4. The highest BCUT2D eigenvalue weighted by molar-refractivity contribution is 7.98. The maximum atomic E-state index is 13.6. The van der Waals surface area contributed by atoms with Crippen molar-refractivity contribution in [1.29, 1.82) is 0 Å². The van der Waals surface area contributed by atoms with E-state index < -0.39 is 0 Å². The molecule has 0 bridgehead atoms. The summed E-state index contributed by atoms with van der Waals surface area (Å²) in [6, 6.07) is 8.24. The Labute approximate surface area is 116 Å². The van der Waals surface area contributed by atoms with Crippen molar-refractivity contribution < 1.29 is 4.39 Å². The molecule has 0 amide bonds. The van der Waals surface area contributed by atoms with Gasteiger partial charge in [0, 0.05) is 11.9 Å². The van der Waals surface area contributed by atoms with Crippen LogP contribution in [0.25, 0.3) is 0 Å². The summed E-state index contributed by atoms with van der Waals surface area (Å²) in [5.74, 6) is 1.13. The van der Waals surface area contributed by atoms with Crippen LogP contribution < -0.4 is 5.32 Å². The Morgan fingerprint density at radius 2 is 2.05 bits per heavy atom. The summed E-state index contributed by atoms with van der Waals surface area (Å²) in [5, 5.41) is 2.75. The highest BCUT2D eigenvalue weighted by Crippen LogP contribution is 2.23. The number of halogens is 1. The van der Waals surface area contributed by atoms with Crippen molar-refractivity contribution in [3.8, 4) is 0 Å². The Morgan fingerprint density at radius 1 is 1.26 bits per heavy atom. The first-order chi connectivity index (χ1) is 9.10. The third-order valence-corrected chi connectivity index (χ3v) is 3.65. The maximum Gasteiger partial charge on any atom is 0.186 e. The molecule has 1 aromatic carbocycles. The van der Waals surface area contributed by atoms with Crippen LogP contribution >= 0.6 is 11.8 Å². The summed E-state index contributed by atoms with van der Waals surface area (Å²) in [7, 11) is 1.66. The number of aromatic nitrogens is 2. The number of nitrogens with one attached hydrogen (secondary N) is 1. The monoisotopic (exact) mass is 277 g/mol. The molecule has 2 aromatic rings. The topological polar surface area (TPSA) is 37.8 Å². The molecule has 0 aliphatic rings. The lowest BCUT2D eigenvalue weighted by Crippen LogP contribution is -2.05. The second kappa shape index (κ2) is 6.02. The van der Waals surface area contributed by atoms with E-state index in [0.717, 1.165) is 4.90 Å². The molecule has 3 nitrogen and oxygen atoms in total. The molecule has 19 heavy (non-hydrogen) atoms. The molecule has 1 aromatic heterocycles. The van der Waals surface area contributed by atoms with E-state index in [9.17, 15) is 4.39 Å². The van der Waals surface area contributed by atoms with Gasteiger partial charge in [-0.25, -0.2) is 14.4 Å². The van der Waals surface area contributed by atoms with Gasteiger partial charge in [0.2, 0.25) is 0 Å². The quantitative estimate of drug-likeness (QED) is 0.867. The van der Waals surface area contributed by atoms with E-state index in [4.69, 9.17) is 0 Å². The van der Waals surface area contributed by atoms with Crippen LogP contribution in [0.1, 0.15) is 17.1 Å². The predicted octanol–water partition coefficient (Wildman–Crippen LogP) is 3.57. The van der Waals surface area contributed by atoms with Crippen molar-refractivity contribution in [2.75, 3.05) is 12.4 Å². The number of benzene rings is 1. The summed E-state index contributed by atoms with van der Waals surface area (Å²) < 4.78 is 13.6. The molecule has 1 N–H and O–H groups in total. The van der Waals surface area contributed by atoms with Crippen LogP contribution in [0.5, 0.6) is 0 Å². The van der Waals surface area contributed by atoms with Crippen LogP contribution in [0.4, 0.5) is 10.2 Å². The van der Waals surface area contributed by atoms with E-state index in [-0.39, 0.29) is 11.6 Å². The average molecular weight is 277 g/mol. The fraction of sp³-hybridized carbons (Fsp3) is 0.286. The van der Waals surface area contributed by atoms with Crippen molar-refractivity contribution in [3.63, 3.8) is 0 Å². The fourth-order valence-electron chi connectivity index (χ4n) is 1.70. The van der Waals surface area contributed by atoms with Crippen molar-refractivity contribution in [2.45, 2.75) is 24.5 Å². The van der Waals surface area contributed by atoms with Gasteiger partial charge in [-0.1, -0.05) is 17.7 Å². The Balaban J connectivity index is 2.13. The predicted molar refractivity (Wildman–Crippen MR) is 77.0 cm³/mol. The third-order valence-electron chi connectivity index (χ3n) is 2.66. The van der Waals surface area contributed by atoms with E-state index in [2.05, 4.69) is 34.3 Å². The number of nitrogens with zero attached hydrogens (tertiary/aromatic N) is 2. The lowest BCUT2D eigenvalue weighted by atomic mass is 10.2. The third kappa shape index (κ3) is 3.44. The number of anilines is 1. The van der Waals surface area contributed by atoms with Gasteiger partial charge in [0.1, 0.15) is 5.82 Å². The summed E-state index contributed by atoms with van der Waals surface area (Å²) in [6.07, 6.45) is 0. The number of hydrogen-bond donors (Lipinski definition) is 1. The van der Waals surface area contributed by atoms with Crippen LogP contribution in [0.15, 0.2) is 29.2 Å². The number of thioether (sulfide) groups is 1. The standard InChI is InChI=1S/C14H16FN3S/c1-9-5-4-6-11(7-9)19-8-12-17-10(2)13(15)14(16-3)18-12/h4-7H,8H2,1-3H3,(H,16,17,18). The van der Waals surface area contributed by atoms with Crippen LogP contribution in [-0.2, 0) is 5.75 Å². The Bertz CT molecular complexity index is 587. The lowest BCUT2D eigenvalue weighted by Gasteiger charge is -2.07. The van der Waals surface area contributed by atoms with Crippen molar-refractivity contribution in [1.82, 2.24) is 9.97 Å². The smallest absolute Gasteiger partial charge is 0.186 e. The molecule has 0 saturated carbocycles. The van der Waals surface area contributed by atoms with E-state index in [1.165, 1.54) is 5.56 Å². The van der Waals surface area contributed by atoms with Crippen LogP contribution in [-0.4, -0.2) is 17.0 Å². The van der Waals surface area contributed by atoms with Crippen LogP contribution in [0.2, 0.25) is 0 Å². The average Bonchev–Trinajstić information content (AvgIpc) is 2.40. The first-order valence-electron chi connectivity index (χ1n) is 6.00. The van der Waals surface area contributed by atoms with Gasteiger partial charge in [0.15, 0.2) is 11.6 Å². The molecule has 2 rings (SSSR count). The Hall–Kier alpha value is -1.62. The SMILES string of the molecule is CNc1nc(CSc2cccc(C)c2)nc(C)c1F. The van der Waals surface area contributed by atoms with Crippen molar-refractivity contribution in [2.24, 2.45) is 0 Å². The number of aryl methyl sites for hydroxylation is 2. The largest absolute Gasteiger partial charge is 0.371 e. The zero-order valence-electron chi connectivity index (χ0n) is 11.2. The molecule has 0 atom stereocenters. The van der Waals surface area contributed by atoms with Crippen molar-refractivity contribution >= 4 is 17.6 Å². The van der Waals surface area contributed by atoms with E-state index >= 15 is 0 Å². The Kier molecular flexibility index (Phi) is 4.37. The first kappa shape index (κ1) is 13.8. The lowest BCUT2D eigenvalue weighted by molar-refractivity contribution is 0.603. The molecular formula is C14H16FN3S. The van der Waals surface area contributed by atoms with E-state index in [1.54, 1.807) is 25.7 Å².